The molecule has 0 bridgehead atoms. The molecule has 4 rings (SSSR count). The number of carbonyl (C=O) groups is 4. The summed E-state index contributed by atoms with van der Waals surface area (Å²) < 4.78 is 45.6. The predicted molar refractivity (Wildman–Crippen MR) is 206 cm³/mol. The minimum Gasteiger partial charge on any atom is -0.449 e. The summed E-state index contributed by atoms with van der Waals surface area (Å²) in [6, 6.07) is 13.6. The average molecular weight is 817 g/mol. The Bertz CT molecular complexity index is 1870. The van der Waals surface area contributed by atoms with Crippen molar-refractivity contribution in [1.29, 1.82) is 0 Å². The first kappa shape index (κ1) is 44.2. The van der Waals surface area contributed by atoms with Crippen molar-refractivity contribution in [3.05, 3.63) is 89.5 Å². The SMILES string of the molecule is CO[PH](=O)C(NC(=O)CCCOC(=O)N(C)c1ccc2c(c1)COB([C@H](CC(C)C)NC(=O)[C@H](Cc1ccccc1)NC(=O)c1cnccn1)OC2)P(=O)(O)O. The first-order chi connectivity index (χ1) is 26.7. The lowest BCUT2D eigenvalue weighted by atomic mass is 9.73. The van der Waals surface area contributed by atoms with Crippen molar-refractivity contribution in [3.63, 3.8) is 0 Å². The molecule has 0 saturated carbocycles. The van der Waals surface area contributed by atoms with Crippen LogP contribution in [0.1, 0.15) is 60.3 Å². The molecule has 1 aliphatic heterocycles. The van der Waals surface area contributed by atoms with Crippen LogP contribution in [0.3, 0.4) is 0 Å². The number of hydrogen-bond acceptors (Lipinski definition) is 12. The Balaban J connectivity index is 1.36. The summed E-state index contributed by atoms with van der Waals surface area (Å²) in [6.07, 6.45) is 3.94. The van der Waals surface area contributed by atoms with Gasteiger partial charge in [-0.15, -0.1) is 0 Å². The van der Waals surface area contributed by atoms with Crippen LogP contribution in [0, 0.1) is 5.92 Å². The van der Waals surface area contributed by atoms with E-state index in [0.717, 1.165) is 23.8 Å². The maximum atomic E-state index is 13.9. The van der Waals surface area contributed by atoms with Crippen LogP contribution in [-0.4, -0.2) is 89.0 Å². The number of fused-ring (bicyclic) bond motifs is 1. The van der Waals surface area contributed by atoms with Gasteiger partial charge in [0.05, 0.1) is 32.0 Å². The molecule has 1 aliphatic rings. The monoisotopic (exact) mass is 816 g/mol. The van der Waals surface area contributed by atoms with E-state index in [-0.39, 0.29) is 50.7 Å². The van der Waals surface area contributed by atoms with Crippen molar-refractivity contribution < 1.29 is 56.7 Å². The number of anilines is 1. The standard InChI is InChI=1S/C35H47BN6O12P2/c1-23(2)17-30(40-32(44)28(18-24-9-6-5-7-10-24)39-33(45)29-20-37-14-15-38-29)36-53-21-25-12-13-27(19-26(25)22-54-36)42(3)35(46)52-16-8-11-31(43)41-34(55(47)51-4)56(48,49)50/h5-7,9-10,12-15,19-20,23,28,30,34,55H,8,11,16-18,21-22H2,1-4H3,(H,39,45)(H,40,44)(H,41,43)(H2,48,49,50)/t28-,30-,34?/m0/s1. The van der Waals surface area contributed by atoms with Gasteiger partial charge in [0.2, 0.25) is 25.4 Å². The summed E-state index contributed by atoms with van der Waals surface area (Å²) >= 11 is 0. The molecule has 2 heterocycles. The molecule has 0 radical (unpaired) electrons. The van der Waals surface area contributed by atoms with Crippen molar-refractivity contribution in [1.82, 2.24) is 25.9 Å². The minimum atomic E-state index is -4.93. The van der Waals surface area contributed by atoms with Crippen LogP contribution in [0.2, 0.25) is 0 Å². The number of benzene rings is 2. The lowest BCUT2D eigenvalue weighted by Crippen LogP contribution is -2.56. The van der Waals surface area contributed by atoms with Crippen LogP contribution in [0.5, 0.6) is 0 Å². The number of nitrogens with one attached hydrogen (secondary N) is 3. The molecule has 21 heteroatoms. The highest BCUT2D eigenvalue weighted by Crippen LogP contribution is 2.51. The summed E-state index contributed by atoms with van der Waals surface area (Å²) in [5.41, 5.74) is 0.992. The van der Waals surface area contributed by atoms with Gasteiger partial charge in [-0.2, -0.15) is 0 Å². The molecular weight excluding hydrogens is 769 g/mol. The van der Waals surface area contributed by atoms with Crippen LogP contribution in [-0.2, 0) is 56.9 Å². The lowest BCUT2D eigenvalue weighted by Gasteiger charge is -2.27. The molecule has 2 aromatic carbocycles. The third-order valence-corrected chi connectivity index (χ3v) is 12.0. The van der Waals surface area contributed by atoms with E-state index in [0.29, 0.717) is 12.1 Å². The Labute approximate surface area is 325 Å². The summed E-state index contributed by atoms with van der Waals surface area (Å²) in [5.74, 6) is -2.22. The smallest absolute Gasteiger partial charge is 0.449 e. The molecule has 0 aliphatic carbocycles. The second kappa shape index (κ2) is 21.2. The molecule has 0 saturated heterocycles. The molecule has 1 aromatic heterocycles. The van der Waals surface area contributed by atoms with Gasteiger partial charge in [-0.1, -0.05) is 50.2 Å². The fraction of sp³-hybridized carbons (Fsp3) is 0.429. The number of amides is 4. The number of rotatable bonds is 18. The van der Waals surface area contributed by atoms with E-state index in [1.807, 2.05) is 49.5 Å². The Hall–Kier alpha value is -4.48. The fourth-order valence-corrected chi connectivity index (χ4v) is 7.90. The minimum absolute atomic E-state index is 0.0269. The topological polar surface area (TPSA) is 245 Å². The zero-order chi connectivity index (χ0) is 40.8. The summed E-state index contributed by atoms with van der Waals surface area (Å²) in [5, 5.41) is 7.89. The van der Waals surface area contributed by atoms with E-state index in [2.05, 4.69) is 25.1 Å². The van der Waals surface area contributed by atoms with Gasteiger partial charge in [-0.3, -0.25) is 33.4 Å². The third kappa shape index (κ3) is 13.3. The Morgan fingerprint density at radius 2 is 1.73 bits per heavy atom. The van der Waals surface area contributed by atoms with E-state index in [4.69, 9.17) is 14.0 Å². The second-order valence-electron chi connectivity index (χ2n) is 13.4. The molecule has 5 N–H and O–H groups in total. The lowest BCUT2D eigenvalue weighted by molar-refractivity contribution is -0.123. The highest BCUT2D eigenvalue weighted by molar-refractivity contribution is 7.65. The van der Waals surface area contributed by atoms with Gasteiger partial charge < -0.3 is 44.3 Å². The van der Waals surface area contributed by atoms with Crippen molar-refractivity contribution in [2.24, 2.45) is 5.92 Å². The van der Waals surface area contributed by atoms with Crippen molar-refractivity contribution in [3.8, 4) is 0 Å². The Kier molecular flexibility index (Phi) is 16.7. The quantitative estimate of drug-likeness (QED) is 0.0704. The normalized spacial score (nSPS) is 15.0. The number of ether oxygens (including phenoxy) is 1. The van der Waals surface area contributed by atoms with Crippen LogP contribution in [0.15, 0.2) is 67.1 Å². The summed E-state index contributed by atoms with van der Waals surface area (Å²) in [4.78, 5) is 80.0. The Morgan fingerprint density at radius 3 is 2.38 bits per heavy atom. The zero-order valence-corrected chi connectivity index (χ0v) is 33.3. The van der Waals surface area contributed by atoms with Gasteiger partial charge in [-0.05, 0) is 47.6 Å². The maximum Gasteiger partial charge on any atom is 0.481 e. The molecule has 4 atom stereocenters. The predicted octanol–water partition coefficient (Wildman–Crippen LogP) is 3.17. The van der Waals surface area contributed by atoms with Gasteiger partial charge in [0.15, 0.2) is 0 Å². The molecule has 2 unspecified atom stereocenters. The van der Waals surface area contributed by atoms with E-state index in [1.54, 1.807) is 18.2 Å². The van der Waals surface area contributed by atoms with Gasteiger partial charge in [0.1, 0.15) is 11.7 Å². The van der Waals surface area contributed by atoms with Crippen LogP contribution < -0.4 is 20.9 Å². The number of nitrogens with zero attached hydrogens (tertiary/aromatic N) is 3. The third-order valence-electron chi connectivity index (χ3n) is 8.57. The van der Waals surface area contributed by atoms with Gasteiger partial charge in [-0.25, -0.2) is 9.78 Å². The zero-order valence-electron chi connectivity index (χ0n) is 31.5. The van der Waals surface area contributed by atoms with Crippen molar-refractivity contribution in [2.75, 3.05) is 25.7 Å². The highest BCUT2D eigenvalue weighted by Gasteiger charge is 2.37. The first-order valence-electron chi connectivity index (χ1n) is 17.7. The van der Waals surface area contributed by atoms with Crippen LogP contribution in [0.4, 0.5) is 10.5 Å². The van der Waals surface area contributed by atoms with Crippen LogP contribution >= 0.6 is 15.6 Å². The van der Waals surface area contributed by atoms with E-state index < -0.39 is 64.1 Å². The van der Waals surface area contributed by atoms with E-state index in [1.165, 1.54) is 30.5 Å². The van der Waals surface area contributed by atoms with Gasteiger partial charge >= 0.3 is 20.8 Å². The molecule has 4 amide bonds. The summed E-state index contributed by atoms with van der Waals surface area (Å²) in [7, 11) is -6.51. The molecule has 0 spiro atoms. The molecule has 0 fully saturated rings. The number of aromatic nitrogens is 2. The fourth-order valence-electron chi connectivity index (χ4n) is 5.67. The first-order valence-corrected chi connectivity index (χ1v) is 20.8. The maximum absolute atomic E-state index is 13.9. The van der Waals surface area contributed by atoms with Crippen molar-refractivity contribution in [2.45, 2.75) is 70.3 Å². The van der Waals surface area contributed by atoms with Gasteiger partial charge in [0, 0.05) is 45.1 Å². The van der Waals surface area contributed by atoms with E-state index in [9.17, 15) is 38.1 Å². The largest absolute Gasteiger partial charge is 0.481 e. The Morgan fingerprint density at radius 1 is 1.02 bits per heavy atom. The van der Waals surface area contributed by atoms with E-state index >= 15 is 0 Å². The number of hydrogen-bond donors (Lipinski definition) is 5. The summed E-state index contributed by atoms with van der Waals surface area (Å²) in [6.45, 7) is 4.08. The second-order valence-corrected chi connectivity index (χ2v) is 17.2. The van der Waals surface area contributed by atoms with Crippen LogP contribution in [0.25, 0.3) is 0 Å². The van der Waals surface area contributed by atoms with Gasteiger partial charge in [0.25, 0.3) is 5.91 Å². The number of carbonyl (C=O) groups excluding carboxylic acids is 4. The van der Waals surface area contributed by atoms with Crippen molar-refractivity contribution >= 4 is 52.2 Å². The average Bonchev–Trinajstić information content (AvgIpc) is 3.40. The molecular formula is C35H47BN6O12P2. The molecule has 56 heavy (non-hydrogen) atoms. The molecule has 3 aromatic rings. The molecule has 18 nitrogen and oxygen atoms in total. The molecule has 302 valence electrons. The highest BCUT2D eigenvalue weighted by atomic mass is 31.2.